The molecule has 0 saturated heterocycles. The Labute approximate surface area is 179 Å². The maximum atomic E-state index is 12.6. The van der Waals surface area contributed by atoms with Gasteiger partial charge in [0.05, 0.1) is 25.3 Å². The number of amides is 1. The van der Waals surface area contributed by atoms with Gasteiger partial charge in [-0.15, -0.1) is 11.3 Å². The van der Waals surface area contributed by atoms with E-state index in [1.165, 1.54) is 32.5 Å². The Hall–Kier alpha value is -2.87. The fourth-order valence-corrected chi connectivity index (χ4v) is 4.92. The molecule has 1 aromatic heterocycles. The van der Waals surface area contributed by atoms with Gasteiger partial charge in [0, 0.05) is 10.9 Å². The molecular formula is C22H25NO6S. The molecule has 1 heterocycles. The number of hydrogen-bond donors (Lipinski definition) is 1. The molecule has 1 unspecified atom stereocenters. The highest BCUT2D eigenvalue weighted by Gasteiger charge is 2.29. The van der Waals surface area contributed by atoms with Crippen molar-refractivity contribution in [1.82, 2.24) is 0 Å². The number of nitrogens with one attached hydrogen (secondary N) is 1. The second kappa shape index (κ2) is 9.30. The Morgan fingerprint density at radius 1 is 1.23 bits per heavy atom. The third-order valence-electron chi connectivity index (χ3n) is 5.08. The number of fused-ring (bicyclic) bond motifs is 1. The van der Waals surface area contributed by atoms with Gasteiger partial charge in [-0.2, -0.15) is 0 Å². The number of carbonyl (C=O) groups is 3. The molecule has 1 amide bonds. The van der Waals surface area contributed by atoms with Crippen molar-refractivity contribution < 1.29 is 28.6 Å². The number of thiophene rings is 1. The van der Waals surface area contributed by atoms with E-state index in [0.29, 0.717) is 27.8 Å². The van der Waals surface area contributed by atoms with Crippen molar-refractivity contribution in [3.63, 3.8) is 0 Å². The van der Waals surface area contributed by atoms with Crippen LogP contribution in [0.25, 0.3) is 0 Å². The lowest BCUT2D eigenvalue weighted by Gasteiger charge is -2.18. The number of methoxy groups -OCH3 is 2. The van der Waals surface area contributed by atoms with Gasteiger partial charge >= 0.3 is 5.97 Å². The van der Waals surface area contributed by atoms with E-state index in [4.69, 9.17) is 14.2 Å². The van der Waals surface area contributed by atoms with E-state index >= 15 is 0 Å². The van der Waals surface area contributed by atoms with E-state index in [9.17, 15) is 14.4 Å². The van der Waals surface area contributed by atoms with Crippen molar-refractivity contribution in [2.45, 2.75) is 33.1 Å². The molecule has 1 aliphatic rings. The van der Waals surface area contributed by atoms with E-state index < -0.39 is 11.9 Å². The van der Waals surface area contributed by atoms with Crippen LogP contribution in [0.5, 0.6) is 11.5 Å². The summed E-state index contributed by atoms with van der Waals surface area (Å²) in [6, 6.07) is 4.82. The van der Waals surface area contributed by atoms with Gasteiger partial charge in [-0.05, 0) is 49.8 Å². The summed E-state index contributed by atoms with van der Waals surface area (Å²) in [6.45, 7) is 3.29. The van der Waals surface area contributed by atoms with Gasteiger partial charge in [-0.25, -0.2) is 4.79 Å². The van der Waals surface area contributed by atoms with Crippen LogP contribution in [0, 0.1) is 5.92 Å². The van der Waals surface area contributed by atoms with Crippen LogP contribution in [0.1, 0.15) is 51.4 Å². The molecule has 1 aromatic carbocycles. The molecule has 0 aliphatic heterocycles. The first-order chi connectivity index (χ1) is 14.3. The molecule has 0 spiro atoms. The molecule has 2 aromatic rings. The minimum absolute atomic E-state index is 0.180. The predicted molar refractivity (Wildman–Crippen MR) is 114 cm³/mol. The van der Waals surface area contributed by atoms with E-state index in [0.717, 1.165) is 29.7 Å². The Balaban J connectivity index is 1.77. The van der Waals surface area contributed by atoms with Crippen LogP contribution >= 0.6 is 11.3 Å². The summed E-state index contributed by atoms with van der Waals surface area (Å²) in [6.07, 6.45) is 2.66. The summed E-state index contributed by atoms with van der Waals surface area (Å²) in [5, 5.41) is 3.26. The van der Waals surface area contributed by atoms with E-state index in [1.54, 1.807) is 18.2 Å². The molecule has 0 fully saturated rings. The van der Waals surface area contributed by atoms with Gasteiger partial charge in [0.1, 0.15) is 16.5 Å². The van der Waals surface area contributed by atoms with Crippen LogP contribution in [0.4, 0.5) is 5.00 Å². The molecule has 160 valence electrons. The number of ketones is 1. The highest BCUT2D eigenvalue weighted by molar-refractivity contribution is 7.17. The Bertz CT molecular complexity index is 980. The van der Waals surface area contributed by atoms with Crippen LogP contribution in [0.3, 0.4) is 0 Å². The molecule has 1 aliphatic carbocycles. The molecular weight excluding hydrogens is 406 g/mol. The van der Waals surface area contributed by atoms with Gasteiger partial charge in [0.2, 0.25) is 0 Å². The van der Waals surface area contributed by atoms with Gasteiger partial charge in [-0.3, -0.25) is 9.59 Å². The Morgan fingerprint density at radius 2 is 2.00 bits per heavy atom. The van der Waals surface area contributed by atoms with Crippen molar-refractivity contribution in [2.75, 3.05) is 26.1 Å². The predicted octanol–water partition coefficient (Wildman–Crippen LogP) is 3.89. The largest absolute Gasteiger partial charge is 0.497 e. The Kier molecular flexibility index (Phi) is 6.77. The standard InChI is InChI=1S/C22H25NO6S/c1-12-5-7-16-18(9-12)30-21(20(16)22(26)28-4)23-19(25)11-29-17-10-14(27-3)6-8-15(17)13(2)24/h6,8,10,12H,5,7,9,11H2,1-4H3,(H,23,25). The average Bonchev–Trinajstić information content (AvgIpc) is 3.07. The lowest BCUT2D eigenvalue weighted by atomic mass is 9.88. The number of ether oxygens (including phenoxy) is 3. The van der Waals surface area contributed by atoms with Crippen LogP contribution in [0.15, 0.2) is 18.2 Å². The van der Waals surface area contributed by atoms with E-state index in [2.05, 4.69) is 12.2 Å². The van der Waals surface area contributed by atoms with Crippen molar-refractivity contribution in [3.05, 3.63) is 39.8 Å². The SMILES string of the molecule is COC(=O)c1c(NC(=O)COc2cc(OC)ccc2C(C)=O)sc2c1CCC(C)C2. The fourth-order valence-electron chi connectivity index (χ4n) is 3.50. The van der Waals surface area contributed by atoms with E-state index in [-0.39, 0.29) is 18.1 Å². The third kappa shape index (κ3) is 4.64. The molecule has 0 radical (unpaired) electrons. The zero-order valence-corrected chi connectivity index (χ0v) is 18.3. The molecule has 3 rings (SSSR count). The Morgan fingerprint density at radius 3 is 2.67 bits per heavy atom. The second-order valence-electron chi connectivity index (χ2n) is 7.30. The first kappa shape index (κ1) is 21.8. The van der Waals surface area contributed by atoms with Crippen molar-refractivity contribution in [3.8, 4) is 11.5 Å². The quantitative estimate of drug-likeness (QED) is 0.528. The molecule has 30 heavy (non-hydrogen) atoms. The molecule has 0 bridgehead atoms. The molecule has 8 heteroatoms. The van der Waals surface area contributed by atoms with Crippen LogP contribution < -0.4 is 14.8 Å². The zero-order chi connectivity index (χ0) is 21.8. The molecule has 1 N–H and O–H groups in total. The van der Waals surface area contributed by atoms with Crippen LogP contribution in [-0.2, 0) is 22.4 Å². The summed E-state index contributed by atoms with van der Waals surface area (Å²) in [7, 11) is 2.84. The summed E-state index contributed by atoms with van der Waals surface area (Å²) in [5.74, 6) is 0.259. The minimum Gasteiger partial charge on any atom is -0.497 e. The van der Waals surface area contributed by atoms with Gasteiger partial charge < -0.3 is 19.5 Å². The zero-order valence-electron chi connectivity index (χ0n) is 17.5. The highest BCUT2D eigenvalue weighted by atomic mass is 32.1. The number of anilines is 1. The maximum absolute atomic E-state index is 12.6. The third-order valence-corrected chi connectivity index (χ3v) is 6.25. The first-order valence-corrected chi connectivity index (χ1v) is 10.5. The van der Waals surface area contributed by atoms with Crippen LogP contribution in [-0.4, -0.2) is 38.5 Å². The molecule has 0 saturated carbocycles. The van der Waals surface area contributed by atoms with Gasteiger partial charge in [-0.1, -0.05) is 6.92 Å². The number of carbonyl (C=O) groups excluding carboxylic acids is 3. The molecule has 7 nitrogen and oxygen atoms in total. The van der Waals surface area contributed by atoms with Crippen molar-refractivity contribution >= 4 is 34.0 Å². The summed E-state index contributed by atoms with van der Waals surface area (Å²) >= 11 is 1.41. The normalized spacial score (nSPS) is 15.1. The smallest absolute Gasteiger partial charge is 0.341 e. The number of esters is 1. The summed E-state index contributed by atoms with van der Waals surface area (Å²) in [5.41, 5.74) is 1.76. The van der Waals surface area contributed by atoms with E-state index in [1.807, 2.05) is 0 Å². The average molecular weight is 432 g/mol. The fraction of sp³-hybridized carbons (Fsp3) is 0.409. The van der Waals surface area contributed by atoms with Gasteiger partial charge in [0.15, 0.2) is 12.4 Å². The number of rotatable bonds is 7. The van der Waals surface area contributed by atoms with Gasteiger partial charge in [0.25, 0.3) is 5.91 Å². The lowest BCUT2D eigenvalue weighted by molar-refractivity contribution is -0.118. The monoisotopic (exact) mass is 431 g/mol. The second-order valence-corrected chi connectivity index (χ2v) is 8.41. The summed E-state index contributed by atoms with van der Waals surface area (Å²) < 4.78 is 15.7. The topological polar surface area (TPSA) is 90.9 Å². The minimum atomic E-state index is -0.454. The first-order valence-electron chi connectivity index (χ1n) is 9.68. The molecule has 1 atom stereocenters. The van der Waals surface area contributed by atoms with Crippen LogP contribution in [0.2, 0.25) is 0 Å². The van der Waals surface area contributed by atoms with Crippen molar-refractivity contribution in [1.29, 1.82) is 0 Å². The number of Topliss-reactive ketones (excluding diaryl/α,β-unsaturated/α-hetero) is 1. The maximum Gasteiger partial charge on any atom is 0.341 e. The summed E-state index contributed by atoms with van der Waals surface area (Å²) in [4.78, 5) is 37.8. The number of benzene rings is 1. The lowest BCUT2D eigenvalue weighted by Crippen LogP contribution is -2.22. The van der Waals surface area contributed by atoms with Crippen molar-refractivity contribution in [2.24, 2.45) is 5.92 Å². The number of hydrogen-bond acceptors (Lipinski definition) is 7. The highest BCUT2D eigenvalue weighted by Crippen LogP contribution is 2.40.